The van der Waals surface area contributed by atoms with Crippen LogP contribution in [0.5, 0.6) is 0 Å². The molecule has 3 heterocycles. The van der Waals surface area contributed by atoms with Crippen molar-refractivity contribution in [3.8, 4) is 0 Å². The third-order valence-electron chi connectivity index (χ3n) is 5.96. The van der Waals surface area contributed by atoms with E-state index in [1.54, 1.807) is 4.90 Å². The van der Waals surface area contributed by atoms with Gasteiger partial charge in [-0.3, -0.25) is 9.59 Å². The number of carbonyl (C=O) groups is 2. The van der Waals surface area contributed by atoms with Gasteiger partial charge in [0.2, 0.25) is 5.91 Å². The van der Waals surface area contributed by atoms with Gasteiger partial charge in [-0.15, -0.1) is 0 Å². The number of nitrogens with zero attached hydrogens (tertiary/aromatic N) is 1. The third kappa shape index (κ3) is 3.61. The first-order chi connectivity index (χ1) is 13.5. The summed E-state index contributed by atoms with van der Waals surface area (Å²) < 4.78 is 49.5. The zero-order valence-electron chi connectivity index (χ0n) is 16.3. The molecule has 3 aliphatic rings. The van der Waals surface area contributed by atoms with E-state index in [0.29, 0.717) is 50.4 Å². The number of hydrogen-bond donors (Lipinski definition) is 1. The minimum atomic E-state index is -4.43. The highest BCUT2D eigenvalue weighted by Gasteiger charge is 2.56. The van der Waals surface area contributed by atoms with Gasteiger partial charge in [0, 0.05) is 5.69 Å². The Bertz CT molecular complexity index is 845. The number of anilines is 1. The molecule has 1 unspecified atom stereocenters. The SMILES string of the molecule is Cc1cc(C(F)(F)F)ccc1NC(=O)C1CCC2(CN(C(=O)C3(C)COC3)C2)O1. The summed E-state index contributed by atoms with van der Waals surface area (Å²) in [5.41, 5.74) is -1.06. The summed E-state index contributed by atoms with van der Waals surface area (Å²) in [6.45, 7) is 5.14. The van der Waals surface area contributed by atoms with E-state index < -0.39 is 28.9 Å². The lowest BCUT2D eigenvalue weighted by Crippen LogP contribution is -2.67. The predicted molar refractivity (Wildman–Crippen MR) is 97.2 cm³/mol. The Morgan fingerprint density at radius 2 is 1.93 bits per heavy atom. The lowest BCUT2D eigenvalue weighted by atomic mass is 9.82. The first-order valence-electron chi connectivity index (χ1n) is 9.55. The number of carbonyl (C=O) groups excluding carboxylic acids is 2. The van der Waals surface area contributed by atoms with Crippen LogP contribution < -0.4 is 5.32 Å². The van der Waals surface area contributed by atoms with Crippen molar-refractivity contribution in [2.24, 2.45) is 5.41 Å². The van der Waals surface area contributed by atoms with Gasteiger partial charge in [-0.2, -0.15) is 13.2 Å². The number of halogens is 3. The van der Waals surface area contributed by atoms with Crippen LogP contribution in [0.3, 0.4) is 0 Å². The van der Waals surface area contributed by atoms with Gasteiger partial charge >= 0.3 is 6.18 Å². The molecule has 1 aromatic carbocycles. The fourth-order valence-corrected chi connectivity index (χ4v) is 4.13. The fraction of sp³-hybridized carbons (Fsp3) is 0.600. The highest BCUT2D eigenvalue weighted by Crippen LogP contribution is 2.41. The van der Waals surface area contributed by atoms with Crippen LogP contribution in [0.25, 0.3) is 0 Å². The molecule has 29 heavy (non-hydrogen) atoms. The van der Waals surface area contributed by atoms with E-state index in [9.17, 15) is 22.8 Å². The summed E-state index contributed by atoms with van der Waals surface area (Å²) in [4.78, 5) is 26.8. The average Bonchev–Trinajstić information content (AvgIpc) is 3.04. The van der Waals surface area contributed by atoms with Crippen molar-refractivity contribution in [3.63, 3.8) is 0 Å². The highest BCUT2D eigenvalue weighted by molar-refractivity contribution is 5.95. The molecular weight excluding hydrogens is 389 g/mol. The van der Waals surface area contributed by atoms with Gasteiger partial charge in [-0.05, 0) is 50.5 Å². The van der Waals surface area contributed by atoms with Gasteiger partial charge in [0.25, 0.3) is 5.91 Å². The number of hydrogen-bond acceptors (Lipinski definition) is 4. The summed E-state index contributed by atoms with van der Waals surface area (Å²) in [6, 6.07) is 3.21. The van der Waals surface area contributed by atoms with Crippen LogP contribution in [0.2, 0.25) is 0 Å². The van der Waals surface area contributed by atoms with Crippen molar-refractivity contribution < 1.29 is 32.2 Å². The van der Waals surface area contributed by atoms with E-state index in [0.717, 1.165) is 12.1 Å². The van der Waals surface area contributed by atoms with E-state index in [4.69, 9.17) is 9.47 Å². The number of amides is 2. The van der Waals surface area contributed by atoms with Crippen molar-refractivity contribution in [1.29, 1.82) is 0 Å². The Kier molecular flexibility index (Phi) is 4.66. The van der Waals surface area contributed by atoms with Crippen molar-refractivity contribution in [1.82, 2.24) is 4.90 Å². The molecule has 0 aliphatic carbocycles. The lowest BCUT2D eigenvalue weighted by molar-refractivity contribution is -0.193. The maximum Gasteiger partial charge on any atom is 0.416 e. The van der Waals surface area contributed by atoms with Gasteiger partial charge in [-0.25, -0.2) is 0 Å². The van der Waals surface area contributed by atoms with Crippen molar-refractivity contribution in [2.75, 3.05) is 31.6 Å². The minimum Gasteiger partial charge on any atom is -0.379 e. The Morgan fingerprint density at radius 3 is 2.48 bits per heavy atom. The van der Waals surface area contributed by atoms with Crippen LogP contribution in [0.1, 0.15) is 30.9 Å². The molecular formula is C20H23F3N2O4. The molecule has 2 amide bonds. The average molecular weight is 412 g/mol. The molecule has 4 rings (SSSR count). The van der Waals surface area contributed by atoms with Gasteiger partial charge in [0.15, 0.2) is 0 Å². The van der Waals surface area contributed by atoms with Crippen LogP contribution in [0, 0.1) is 12.3 Å². The topological polar surface area (TPSA) is 67.9 Å². The van der Waals surface area contributed by atoms with Gasteiger partial charge in [0.05, 0.1) is 37.3 Å². The fourth-order valence-electron chi connectivity index (χ4n) is 4.13. The number of alkyl halides is 3. The van der Waals surface area contributed by atoms with Crippen LogP contribution in [0.15, 0.2) is 18.2 Å². The second-order valence-electron chi connectivity index (χ2n) is 8.56. The first kappa shape index (κ1) is 20.2. The summed E-state index contributed by atoms with van der Waals surface area (Å²) in [5.74, 6) is -0.333. The van der Waals surface area contributed by atoms with Crippen molar-refractivity contribution in [3.05, 3.63) is 29.3 Å². The molecule has 1 atom stereocenters. The molecule has 0 bridgehead atoms. The molecule has 1 spiro atoms. The zero-order chi connectivity index (χ0) is 21.0. The molecule has 1 aromatic rings. The van der Waals surface area contributed by atoms with Crippen LogP contribution >= 0.6 is 0 Å². The quantitative estimate of drug-likeness (QED) is 0.829. The monoisotopic (exact) mass is 412 g/mol. The minimum absolute atomic E-state index is 0.0475. The second kappa shape index (κ2) is 6.70. The van der Waals surface area contributed by atoms with Crippen LogP contribution in [-0.2, 0) is 25.2 Å². The van der Waals surface area contributed by atoms with Crippen molar-refractivity contribution in [2.45, 2.75) is 44.6 Å². The standard InChI is InChI=1S/C20H23F3N2O4/c1-12-7-13(20(21,22)23)3-4-14(12)24-16(26)15-5-6-19(29-15)8-25(9-19)17(27)18(2)10-28-11-18/h3-4,7,15H,5-6,8-11H2,1-2H3,(H,24,26). The number of rotatable bonds is 3. The maximum atomic E-state index is 12.8. The number of nitrogens with one attached hydrogen (secondary N) is 1. The molecule has 0 radical (unpaired) electrons. The second-order valence-corrected chi connectivity index (χ2v) is 8.56. The lowest BCUT2D eigenvalue weighted by Gasteiger charge is -2.51. The van der Waals surface area contributed by atoms with E-state index in [1.165, 1.54) is 13.0 Å². The van der Waals surface area contributed by atoms with E-state index in [1.807, 2.05) is 6.92 Å². The number of ether oxygens (including phenoxy) is 2. The summed E-state index contributed by atoms with van der Waals surface area (Å²) in [7, 11) is 0. The third-order valence-corrected chi connectivity index (χ3v) is 5.96. The zero-order valence-corrected chi connectivity index (χ0v) is 16.3. The molecule has 3 saturated heterocycles. The summed E-state index contributed by atoms with van der Waals surface area (Å²) in [5, 5.41) is 2.66. The van der Waals surface area contributed by atoms with Crippen LogP contribution in [0.4, 0.5) is 18.9 Å². The summed E-state index contributed by atoms with van der Waals surface area (Å²) in [6.07, 6.45) is -3.94. The number of likely N-dealkylation sites (tertiary alicyclic amines) is 1. The molecule has 1 N–H and O–H groups in total. The van der Waals surface area contributed by atoms with Crippen molar-refractivity contribution >= 4 is 17.5 Å². The molecule has 0 saturated carbocycles. The maximum absolute atomic E-state index is 12.8. The molecule has 6 nitrogen and oxygen atoms in total. The van der Waals surface area contributed by atoms with Gasteiger partial charge in [-0.1, -0.05) is 0 Å². The molecule has 158 valence electrons. The van der Waals surface area contributed by atoms with Gasteiger partial charge in [0.1, 0.15) is 11.7 Å². The molecule has 3 aliphatic heterocycles. The smallest absolute Gasteiger partial charge is 0.379 e. The Hall–Kier alpha value is -2.13. The first-order valence-corrected chi connectivity index (χ1v) is 9.55. The van der Waals surface area contributed by atoms with Crippen LogP contribution in [-0.4, -0.2) is 54.7 Å². The Morgan fingerprint density at radius 1 is 1.24 bits per heavy atom. The Labute approximate surface area is 166 Å². The molecule has 9 heteroatoms. The molecule has 3 fully saturated rings. The van der Waals surface area contributed by atoms with E-state index in [2.05, 4.69) is 5.32 Å². The van der Waals surface area contributed by atoms with Gasteiger partial charge < -0.3 is 19.7 Å². The molecule has 0 aromatic heterocycles. The normalized spacial score (nSPS) is 24.7. The van der Waals surface area contributed by atoms with E-state index in [-0.39, 0.29) is 11.8 Å². The number of aryl methyl sites for hydroxylation is 1. The number of benzene rings is 1. The summed E-state index contributed by atoms with van der Waals surface area (Å²) >= 11 is 0. The predicted octanol–water partition coefficient (Wildman–Crippen LogP) is 2.75. The van der Waals surface area contributed by atoms with E-state index >= 15 is 0 Å². The largest absolute Gasteiger partial charge is 0.416 e. The Balaban J connectivity index is 1.33. The highest BCUT2D eigenvalue weighted by atomic mass is 19.4.